The second-order valence-electron chi connectivity index (χ2n) is 1.63. The van der Waals surface area contributed by atoms with Crippen LogP contribution < -0.4 is 5.43 Å². The van der Waals surface area contributed by atoms with Gasteiger partial charge in [-0.1, -0.05) is 0 Å². The average Bonchev–Trinajstić information content (AvgIpc) is 1.88. The molecular weight excluding hydrogens is 136 g/mol. The number of rotatable bonds is 0. The molecule has 0 aliphatic carbocycles. The molecule has 10 heavy (non-hydrogen) atoms. The van der Waals surface area contributed by atoms with Gasteiger partial charge in [-0.05, 0) is 6.08 Å². The largest absolute Gasteiger partial charge is 0.493 e. The molecule has 1 amide bonds. The maximum Gasteiger partial charge on any atom is 0.433 e. The fourth-order valence-electron chi connectivity index (χ4n) is 0.546. The standard InChI is InChI=1S/C5H6N2O3/c8-4-2-1-3-6-7(4)5(9)10/h1-3,6,8H,(H,9,10). The van der Waals surface area contributed by atoms with E-state index >= 15 is 0 Å². The third-order valence-electron chi connectivity index (χ3n) is 0.966. The van der Waals surface area contributed by atoms with Gasteiger partial charge in [0.25, 0.3) is 0 Å². The second kappa shape index (κ2) is 2.30. The number of hydrogen-bond donors (Lipinski definition) is 3. The fourth-order valence-corrected chi connectivity index (χ4v) is 0.546. The van der Waals surface area contributed by atoms with Crippen molar-refractivity contribution < 1.29 is 15.0 Å². The smallest absolute Gasteiger partial charge is 0.433 e. The first-order valence-electron chi connectivity index (χ1n) is 2.57. The predicted octanol–water partition coefficient (Wildman–Crippen LogP) is 0.398. The Morgan fingerprint density at radius 3 is 2.80 bits per heavy atom. The molecule has 0 bridgehead atoms. The lowest BCUT2D eigenvalue weighted by Gasteiger charge is -2.18. The number of carbonyl (C=O) groups is 1. The number of hydrazine groups is 1. The van der Waals surface area contributed by atoms with E-state index < -0.39 is 6.09 Å². The van der Waals surface area contributed by atoms with E-state index in [0.29, 0.717) is 5.01 Å². The van der Waals surface area contributed by atoms with E-state index in [1.54, 1.807) is 0 Å². The van der Waals surface area contributed by atoms with E-state index in [2.05, 4.69) is 5.43 Å². The van der Waals surface area contributed by atoms with Gasteiger partial charge in [0.15, 0.2) is 0 Å². The van der Waals surface area contributed by atoms with E-state index in [4.69, 9.17) is 10.2 Å². The molecule has 0 radical (unpaired) electrons. The van der Waals surface area contributed by atoms with Gasteiger partial charge in [0.05, 0.1) is 0 Å². The topological polar surface area (TPSA) is 72.8 Å². The predicted molar refractivity (Wildman–Crippen MR) is 32.9 cm³/mol. The van der Waals surface area contributed by atoms with Crippen molar-refractivity contribution in [3.05, 3.63) is 24.2 Å². The van der Waals surface area contributed by atoms with Gasteiger partial charge in [-0.25, -0.2) is 4.79 Å². The molecule has 1 aliphatic heterocycles. The van der Waals surface area contributed by atoms with Crippen molar-refractivity contribution in [2.45, 2.75) is 0 Å². The minimum atomic E-state index is -1.25. The van der Waals surface area contributed by atoms with Crippen LogP contribution in [0, 0.1) is 0 Å². The molecule has 5 nitrogen and oxygen atoms in total. The summed E-state index contributed by atoms with van der Waals surface area (Å²) in [6, 6.07) is 0. The van der Waals surface area contributed by atoms with E-state index in [0.717, 1.165) is 0 Å². The van der Waals surface area contributed by atoms with E-state index in [1.807, 2.05) is 0 Å². The normalized spacial score (nSPS) is 16.0. The molecule has 0 aromatic carbocycles. The number of aliphatic hydroxyl groups is 1. The van der Waals surface area contributed by atoms with Crippen molar-refractivity contribution in [1.82, 2.24) is 10.4 Å². The lowest BCUT2D eigenvalue weighted by Crippen LogP contribution is -2.39. The Morgan fingerprint density at radius 1 is 1.70 bits per heavy atom. The third kappa shape index (κ3) is 1.02. The summed E-state index contributed by atoms with van der Waals surface area (Å²) in [5.41, 5.74) is 2.30. The van der Waals surface area contributed by atoms with Crippen LogP contribution in [0.15, 0.2) is 24.2 Å². The van der Waals surface area contributed by atoms with Gasteiger partial charge in [0, 0.05) is 12.3 Å². The summed E-state index contributed by atoms with van der Waals surface area (Å²) in [5, 5.41) is 17.8. The molecular formula is C5H6N2O3. The first-order valence-corrected chi connectivity index (χ1v) is 2.57. The third-order valence-corrected chi connectivity index (χ3v) is 0.966. The van der Waals surface area contributed by atoms with Gasteiger partial charge < -0.3 is 10.2 Å². The summed E-state index contributed by atoms with van der Waals surface area (Å²) >= 11 is 0. The van der Waals surface area contributed by atoms with Crippen molar-refractivity contribution >= 4 is 6.09 Å². The monoisotopic (exact) mass is 142 g/mol. The van der Waals surface area contributed by atoms with Crippen molar-refractivity contribution in [3.8, 4) is 0 Å². The fraction of sp³-hybridized carbons (Fsp3) is 0. The van der Waals surface area contributed by atoms with Crippen LogP contribution in [0.3, 0.4) is 0 Å². The molecule has 0 atom stereocenters. The highest BCUT2D eigenvalue weighted by Crippen LogP contribution is 2.01. The average molecular weight is 142 g/mol. The number of aliphatic hydroxyl groups excluding tert-OH is 1. The van der Waals surface area contributed by atoms with Crippen LogP contribution in [-0.4, -0.2) is 21.3 Å². The number of nitrogens with zero attached hydrogens (tertiary/aromatic N) is 1. The Hall–Kier alpha value is -1.65. The zero-order valence-corrected chi connectivity index (χ0v) is 4.98. The highest BCUT2D eigenvalue weighted by Gasteiger charge is 2.15. The highest BCUT2D eigenvalue weighted by atomic mass is 16.4. The summed E-state index contributed by atoms with van der Waals surface area (Å²) < 4.78 is 0. The van der Waals surface area contributed by atoms with Crippen LogP contribution in [0.25, 0.3) is 0 Å². The zero-order valence-electron chi connectivity index (χ0n) is 4.98. The molecule has 0 unspecified atom stereocenters. The van der Waals surface area contributed by atoms with Crippen molar-refractivity contribution in [2.75, 3.05) is 0 Å². The summed E-state index contributed by atoms with van der Waals surface area (Å²) in [5.74, 6) is -0.338. The Kier molecular flexibility index (Phi) is 1.49. The molecule has 54 valence electrons. The van der Waals surface area contributed by atoms with Crippen molar-refractivity contribution in [1.29, 1.82) is 0 Å². The van der Waals surface area contributed by atoms with Crippen LogP contribution in [0.1, 0.15) is 0 Å². The van der Waals surface area contributed by atoms with E-state index in [1.165, 1.54) is 18.4 Å². The van der Waals surface area contributed by atoms with Gasteiger partial charge in [-0.15, -0.1) is 0 Å². The molecule has 1 heterocycles. The maximum absolute atomic E-state index is 10.2. The molecule has 0 saturated carbocycles. The van der Waals surface area contributed by atoms with Gasteiger partial charge in [-0.2, -0.15) is 5.01 Å². The van der Waals surface area contributed by atoms with Gasteiger partial charge >= 0.3 is 6.09 Å². The SMILES string of the molecule is O=C(O)N1NC=CC=C1O. The summed E-state index contributed by atoms with van der Waals surface area (Å²) in [4.78, 5) is 10.2. The van der Waals surface area contributed by atoms with Crippen LogP contribution in [0.4, 0.5) is 4.79 Å². The van der Waals surface area contributed by atoms with Crippen molar-refractivity contribution in [2.24, 2.45) is 0 Å². The van der Waals surface area contributed by atoms with Gasteiger partial charge in [0.1, 0.15) is 0 Å². The molecule has 0 saturated heterocycles. The Labute approximate surface area is 56.8 Å². The summed E-state index contributed by atoms with van der Waals surface area (Å²) in [6.07, 6.45) is 2.91. The molecule has 0 fully saturated rings. The molecule has 0 aromatic heterocycles. The molecule has 5 heteroatoms. The Bertz CT molecular complexity index is 209. The lowest BCUT2D eigenvalue weighted by atomic mass is 10.5. The Balaban J connectivity index is 2.73. The molecule has 3 N–H and O–H groups in total. The van der Waals surface area contributed by atoms with Crippen LogP contribution >= 0.6 is 0 Å². The first-order chi connectivity index (χ1) is 4.72. The minimum absolute atomic E-state index is 0.338. The second-order valence-corrected chi connectivity index (χ2v) is 1.63. The van der Waals surface area contributed by atoms with E-state index in [-0.39, 0.29) is 5.88 Å². The number of nitrogens with one attached hydrogen (secondary N) is 1. The van der Waals surface area contributed by atoms with Crippen LogP contribution in [-0.2, 0) is 0 Å². The number of carboxylic acid groups (broad SMARTS) is 1. The number of amides is 1. The van der Waals surface area contributed by atoms with Crippen LogP contribution in [0.5, 0.6) is 0 Å². The Morgan fingerprint density at radius 2 is 2.40 bits per heavy atom. The number of allylic oxidation sites excluding steroid dienone is 2. The number of hydrogen-bond acceptors (Lipinski definition) is 3. The van der Waals surface area contributed by atoms with Gasteiger partial charge in [0.2, 0.25) is 5.88 Å². The van der Waals surface area contributed by atoms with Gasteiger partial charge in [-0.3, -0.25) is 5.43 Å². The van der Waals surface area contributed by atoms with Crippen LogP contribution in [0.2, 0.25) is 0 Å². The quantitative estimate of drug-likeness (QED) is 0.457. The lowest BCUT2D eigenvalue weighted by molar-refractivity contribution is 0.115. The summed E-state index contributed by atoms with van der Waals surface area (Å²) in [6.45, 7) is 0. The highest BCUT2D eigenvalue weighted by molar-refractivity contribution is 5.66. The molecule has 1 rings (SSSR count). The molecule has 0 aromatic rings. The maximum atomic E-state index is 10.2. The summed E-state index contributed by atoms with van der Waals surface area (Å²) in [7, 11) is 0. The molecule has 1 aliphatic rings. The molecule has 0 spiro atoms. The van der Waals surface area contributed by atoms with Crippen molar-refractivity contribution in [3.63, 3.8) is 0 Å². The zero-order chi connectivity index (χ0) is 7.56. The first kappa shape index (κ1) is 6.47. The minimum Gasteiger partial charge on any atom is -0.493 e. The van der Waals surface area contributed by atoms with E-state index in [9.17, 15) is 4.79 Å².